The first-order valence-electron chi connectivity index (χ1n) is 4.82. The van der Waals surface area contributed by atoms with Crippen molar-refractivity contribution in [2.75, 3.05) is 0 Å². The average Bonchev–Trinajstić information content (AvgIpc) is 2.84. The van der Waals surface area contributed by atoms with Crippen molar-refractivity contribution in [1.29, 1.82) is 0 Å². The van der Waals surface area contributed by atoms with Gasteiger partial charge in [0, 0.05) is 10.9 Å². The molecule has 3 N–H and O–H groups in total. The van der Waals surface area contributed by atoms with Crippen molar-refractivity contribution in [1.82, 2.24) is 5.32 Å². The van der Waals surface area contributed by atoms with Gasteiger partial charge in [-0.05, 0) is 25.8 Å². The molecule has 1 fully saturated rings. The van der Waals surface area contributed by atoms with Crippen LogP contribution in [0, 0.1) is 6.92 Å². The summed E-state index contributed by atoms with van der Waals surface area (Å²) in [4.78, 5) is 12.6. The number of carbonyl (C=O) groups excluding carboxylic acids is 1. The van der Waals surface area contributed by atoms with E-state index in [-0.39, 0.29) is 16.8 Å². The van der Waals surface area contributed by atoms with Crippen LogP contribution in [0.5, 0.6) is 0 Å². The van der Waals surface area contributed by atoms with Gasteiger partial charge in [-0.15, -0.1) is 11.3 Å². The van der Waals surface area contributed by atoms with E-state index in [0.717, 1.165) is 24.2 Å². The van der Waals surface area contributed by atoms with E-state index < -0.39 is 10.0 Å². The third-order valence-corrected chi connectivity index (χ3v) is 4.53. The minimum absolute atomic E-state index is 0.0402. The molecule has 1 aliphatic rings. The quantitative estimate of drug-likeness (QED) is 0.833. The smallest absolute Gasteiger partial charge is 0.261 e. The van der Waals surface area contributed by atoms with E-state index in [0.29, 0.717) is 9.75 Å². The first-order valence-corrected chi connectivity index (χ1v) is 7.18. The van der Waals surface area contributed by atoms with Gasteiger partial charge in [-0.25, -0.2) is 13.6 Å². The summed E-state index contributed by atoms with van der Waals surface area (Å²) < 4.78 is 22.4. The second kappa shape index (κ2) is 3.83. The Kier molecular flexibility index (Phi) is 2.77. The number of hydrogen-bond donors (Lipinski definition) is 2. The summed E-state index contributed by atoms with van der Waals surface area (Å²) in [5, 5.41) is 7.83. The van der Waals surface area contributed by atoms with Gasteiger partial charge < -0.3 is 5.32 Å². The fourth-order valence-electron chi connectivity index (χ4n) is 1.34. The van der Waals surface area contributed by atoms with Crippen LogP contribution in [0.1, 0.15) is 27.4 Å². The zero-order valence-electron chi connectivity index (χ0n) is 8.69. The Morgan fingerprint density at radius 1 is 1.56 bits per heavy atom. The maximum atomic E-state index is 11.7. The molecule has 0 radical (unpaired) electrons. The second-order valence-corrected chi connectivity index (χ2v) is 6.61. The van der Waals surface area contributed by atoms with Gasteiger partial charge in [-0.1, -0.05) is 0 Å². The van der Waals surface area contributed by atoms with E-state index in [2.05, 4.69) is 5.32 Å². The van der Waals surface area contributed by atoms with Crippen molar-refractivity contribution >= 4 is 27.3 Å². The Labute approximate surface area is 97.7 Å². The predicted molar refractivity (Wildman–Crippen MR) is 60.9 cm³/mol. The Hall–Kier alpha value is -0.920. The molecular formula is C9H12N2O3S2. The monoisotopic (exact) mass is 260 g/mol. The van der Waals surface area contributed by atoms with Crippen molar-refractivity contribution in [2.45, 2.75) is 30.7 Å². The second-order valence-electron chi connectivity index (χ2n) is 3.82. The molecule has 0 spiro atoms. The summed E-state index contributed by atoms with van der Waals surface area (Å²) >= 11 is 1.15. The number of aryl methyl sites for hydroxylation is 1. The third-order valence-electron chi connectivity index (χ3n) is 2.32. The summed E-state index contributed by atoms with van der Waals surface area (Å²) in [5.74, 6) is -0.217. The molecule has 1 aromatic rings. The number of rotatable bonds is 3. The van der Waals surface area contributed by atoms with Crippen LogP contribution in [0.25, 0.3) is 0 Å². The van der Waals surface area contributed by atoms with E-state index in [4.69, 9.17) is 5.14 Å². The zero-order valence-corrected chi connectivity index (χ0v) is 10.3. The van der Waals surface area contributed by atoms with E-state index in [1.54, 1.807) is 6.92 Å². The maximum absolute atomic E-state index is 11.7. The van der Waals surface area contributed by atoms with Crippen molar-refractivity contribution in [3.05, 3.63) is 15.8 Å². The molecule has 1 heterocycles. The lowest BCUT2D eigenvalue weighted by Crippen LogP contribution is -2.24. The first-order chi connectivity index (χ1) is 7.38. The molecule has 1 amide bonds. The fraction of sp³-hybridized carbons (Fsp3) is 0.444. The number of nitrogens with one attached hydrogen (secondary N) is 1. The van der Waals surface area contributed by atoms with E-state index in [1.807, 2.05) is 0 Å². The third kappa shape index (κ3) is 2.42. The minimum Gasteiger partial charge on any atom is -0.349 e. The Balaban J connectivity index is 2.26. The van der Waals surface area contributed by atoms with Crippen molar-refractivity contribution in [3.8, 4) is 0 Å². The summed E-state index contributed by atoms with van der Waals surface area (Å²) in [6, 6.07) is 1.60. The molecule has 0 atom stereocenters. The van der Waals surface area contributed by atoms with Crippen molar-refractivity contribution in [3.63, 3.8) is 0 Å². The lowest BCUT2D eigenvalue weighted by molar-refractivity contribution is 0.0955. The van der Waals surface area contributed by atoms with E-state index in [1.165, 1.54) is 6.07 Å². The van der Waals surface area contributed by atoms with Crippen LogP contribution in [0.3, 0.4) is 0 Å². The summed E-state index contributed by atoms with van der Waals surface area (Å²) in [6.07, 6.45) is 2.00. The van der Waals surface area contributed by atoms with Crippen LogP contribution < -0.4 is 10.5 Å². The Bertz CT molecular complexity index is 529. The molecule has 0 bridgehead atoms. The van der Waals surface area contributed by atoms with Crippen LogP contribution in [0.15, 0.2) is 11.0 Å². The highest BCUT2D eigenvalue weighted by atomic mass is 32.2. The molecule has 0 aromatic carbocycles. The van der Waals surface area contributed by atoms with Crippen LogP contribution in [0.2, 0.25) is 0 Å². The normalized spacial score (nSPS) is 16.1. The van der Waals surface area contributed by atoms with Crippen LogP contribution in [0.4, 0.5) is 0 Å². The molecule has 5 nitrogen and oxygen atoms in total. The lowest BCUT2D eigenvalue weighted by atomic mass is 10.4. The molecule has 0 aliphatic heterocycles. The molecule has 0 unspecified atom stereocenters. The van der Waals surface area contributed by atoms with Gasteiger partial charge in [0.2, 0.25) is 10.0 Å². The van der Waals surface area contributed by atoms with Gasteiger partial charge in [0.25, 0.3) is 5.91 Å². The summed E-state index contributed by atoms with van der Waals surface area (Å²) in [7, 11) is -3.73. The first kappa shape index (κ1) is 11.6. The molecule has 7 heteroatoms. The van der Waals surface area contributed by atoms with Gasteiger partial charge in [0.05, 0.1) is 9.77 Å². The molecule has 0 saturated heterocycles. The maximum Gasteiger partial charge on any atom is 0.261 e. The highest BCUT2D eigenvalue weighted by Crippen LogP contribution is 2.26. The molecule has 2 rings (SSSR count). The fourth-order valence-corrected chi connectivity index (χ4v) is 3.39. The number of amides is 1. The molecule has 1 aliphatic carbocycles. The van der Waals surface area contributed by atoms with Crippen LogP contribution in [-0.2, 0) is 10.0 Å². The number of carbonyl (C=O) groups is 1. The average molecular weight is 260 g/mol. The Morgan fingerprint density at radius 3 is 2.62 bits per heavy atom. The predicted octanol–water partition coefficient (Wildman–Crippen LogP) is 0.596. The number of hydrogen-bond acceptors (Lipinski definition) is 4. The van der Waals surface area contributed by atoms with Crippen molar-refractivity contribution < 1.29 is 13.2 Å². The number of nitrogens with two attached hydrogens (primary N) is 1. The van der Waals surface area contributed by atoms with E-state index >= 15 is 0 Å². The number of sulfonamides is 1. The number of primary sulfonamides is 1. The zero-order chi connectivity index (χ0) is 11.9. The molecule has 1 saturated carbocycles. The van der Waals surface area contributed by atoms with Crippen molar-refractivity contribution in [2.24, 2.45) is 5.14 Å². The topological polar surface area (TPSA) is 89.3 Å². The molecular weight excluding hydrogens is 248 g/mol. The van der Waals surface area contributed by atoms with Gasteiger partial charge in [-0.3, -0.25) is 4.79 Å². The molecule has 1 aromatic heterocycles. The molecule has 16 heavy (non-hydrogen) atoms. The lowest BCUT2D eigenvalue weighted by Gasteiger charge is -1.98. The van der Waals surface area contributed by atoms with Gasteiger partial charge >= 0.3 is 0 Å². The number of thiophene rings is 1. The van der Waals surface area contributed by atoms with Gasteiger partial charge in [0.1, 0.15) is 0 Å². The van der Waals surface area contributed by atoms with Crippen LogP contribution in [-0.4, -0.2) is 20.4 Å². The standard InChI is InChI=1S/C9H12N2O3S2/c1-5-8(16(10,13)14)4-7(15-5)9(12)11-6-2-3-6/h4,6H,2-3H2,1H3,(H,11,12)(H2,10,13,14). The minimum atomic E-state index is -3.73. The van der Waals surface area contributed by atoms with Crippen LogP contribution >= 0.6 is 11.3 Å². The SMILES string of the molecule is Cc1sc(C(=O)NC2CC2)cc1S(N)(=O)=O. The Morgan fingerprint density at radius 2 is 2.19 bits per heavy atom. The van der Waals surface area contributed by atoms with Gasteiger partial charge in [-0.2, -0.15) is 0 Å². The largest absolute Gasteiger partial charge is 0.349 e. The summed E-state index contributed by atoms with van der Waals surface area (Å²) in [5.41, 5.74) is 0. The van der Waals surface area contributed by atoms with Gasteiger partial charge in [0.15, 0.2) is 0 Å². The molecule has 88 valence electrons. The highest BCUT2D eigenvalue weighted by molar-refractivity contribution is 7.89. The highest BCUT2D eigenvalue weighted by Gasteiger charge is 2.26. The summed E-state index contributed by atoms with van der Waals surface area (Å²) in [6.45, 7) is 1.64. The van der Waals surface area contributed by atoms with E-state index in [9.17, 15) is 13.2 Å².